The zero-order chi connectivity index (χ0) is 24.5. The first-order valence-corrected chi connectivity index (χ1v) is 11.6. The van der Waals surface area contributed by atoms with Crippen molar-refractivity contribution in [2.24, 2.45) is 10.2 Å². The Morgan fingerprint density at radius 3 is 2.00 bits per heavy atom. The molecule has 4 rings (SSSR count). The highest BCUT2D eigenvalue weighted by Gasteiger charge is 2.19. The van der Waals surface area contributed by atoms with Gasteiger partial charge in [0.05, 0.1) is 33.4 Å². The van der Waals surface area contributed by atoms with Crippen molar-refractivity contribution in [2.75, 3.05) is 0 Å². The molecule has 0 aliphatic rings. The molecule has 2 heterocycles. The summed E-state index contributed by atoms with van der Waals surface area (Å²) in [6.07, 6.45) is 0. The second kappa shape index (κ2) is 8.96. The summed E-state index contributed by atoms with van der Waals surface area (Å²) in [5, 5.41) is 25.5. The van der Waals surface area contributed by atoms with Gasteiger partial charge in [-0.2, -0.15) is 5.10 Å². The molecule has 12 nitrogen and oxygen atoms in total. The monoisotopic (exact) mass is 479 g/mol. The van der Waals surface area contributed by atoms with Crippen molar-refractivity contribution in [1.82, 2.24) is 35.4 Å². The summed E-state index contributed by atoms with van der Waals surface area (Å²) in [4.78, 5) is 12.6. The van der Waals surface area contributed by atoms with Crippen LogP contribution in [0.1, 0.15) is 34.5 Å². The normalized spacial score (nSPS) is 12.1. The maximum absolute atomic E-state index is 12.7. The Kier molecular flexibility index (Phi) is 6.04. The van der Waals surface area contributed by atoms with Crippen molar-refractivity contribution < 1.29 is 13.2 Å². The first-order valence-electron chi connectivity index (χ1n) is 10.0. The highest BCUT2D eigenvalue weighted by molar-refractivity contribution is 7.89. The number of hydrogen-bond donors (Lipinski definition) is 2. The summed E-state index contributed by atoms with van der Waals surface area (Å²) in [7, 11) is -3.81. The molecule has 0 unspecified atom stereocenters. The lowest BCUT2D eigenvalue weighted by Gasteiger charge is -2.05. The van der Waals surface area contributed by atoms with Crippen molar-refractivity contribution >= 4 is 21.6 Å². The van der Waals surface area contributed by atoms with Gasteiger partial charge in [0.25, 0.3) is 5.91 Å². The van der Waals surface area contributed by atoms with Gasteiger partial charge in [-0.05, 0) is 57.2 Å². The number of amides is 1. The lowest BCUT2D eigenvalue weighted by atomic mass is 10.2. The highest BCUT2D eigenvalue weighted by atomic mass is 32.2. The zero-order valence-electron chi connectivity index (χ0n) is 18.5. The van der Waals surface area contributed by atoms with Crippen LogP contribution in [0.25, 0.3) is 11.4 Å². The molecule has 0 bridgehead atoms. The summed E-state index contributed by atoms with van der Waals surface area (Å²) in [6.45, 7) is 5.23. The van der Waals surface area contributed by atoms with Gasteiger partial charge in [-0.3, -0.25) is 4.79 Å². The number of hydrazone groups is 1. The number of carbonyl (C=O) groups excluding carboxylic acids is 1. The van der Waals surface area contributed by atoms with Gasteiger partial charge in [0.15, 0.2) is 5.69 Å². The van der Waals surface area contributed by atoms with E-state index >= 15 is 0 Å². The van der Waals surface area contributed by atoms with Gasteiger partial charge >= 0.3 is 0 Å². The maximum atomic E-state index is 12.7. The van der Waals surface area contributed by atoms with Gasteiger partial charge in [0, 0.05) is 0 Å². The lowest BCUT2D eigenvalue weighted by Crippen LogP contribution is -2.21. The maximum Gasteiger partial charge on any atom is 0.293 e. The van der Waals surface area contributed by atoms with Gasteiger partial charge in [0.1, 0.15) is 5.69 Å². The van der Waals surface area contributed by atoms with Crippen molar-refractivity contribution in [2.45, 2.75) is 25.7 Å². The zero-order valence-corrected chi connectivity index (χ0v) is 19.4. The van der Waals surface area contributed by atoms with Crippen LogP contribution in [-0.2, 0) is 10.0 Å². The number of nitrogens with zero attached hydrogens (tertiary/aromatic N) is 7. The van der Waals surface area contributed by atoms with E-state index in [0.717, 1.165) is 11.4 Å². The van der Waals surface area contributed by atoms with Gasteiger partial charge in [-0.15, -0.1) is 10.2 Å². The Morgan fingerprint density at radius 1 is 0.882 bits per heavy atom. The molecule has 2 aromatic carbocycles. The molecule has 0 aliphatic carbocycles. The molecule has 0 radical (unpaired) electrons. The van der Waals surface area contributed by atoms with E-state index in [1.165, 1.54) is 28.9 Å². The van der Waals surface area contributed by atoms with E-state index < -0.39 is 15.9 Å². The molecule has 0 saturated heterocycles. The fraction of sp³-hybridized carbons (Fsp3) is 0.143. The van der Waals surface area contributed by atoms with Crippen LogP contribution < -0.4 is 10.6 Å². The third-order valence-corrected chi connectivity index (χ3v) is 6.01. The average Bonchev–Trinajstić information content (AvgIpc) is 3.40. The van der Waals surface area contributed by atoms with Crippen LogP contribution in [0.3, 0.4) is 0 Å². The summed E-state index contributed by atoms with van der Waals surface area (Å²) in [5.41, 5.74) is 6.14. The van der Waals surface area contributed by atoms with E-state index in [1.54, 1.807) is 18.5 Å². The molecule has 0 spiro atoms. The fourth-order valence-electron chi connectivity index (χ4n) is 3.28. The Bertz CT molecular complexity index is 1490. The number of aromatic nitrogens is 6. The van der Waals surface area contributed by atoms with Crippen molar-refractivity contribution in [1.29, 1.82) is 0 Å². The Morgan fingerprint density at radius 2 is 1.41 bits per heavy atom. The molecular weight excluding hydrogens is 458 g/mol. The molecule has 0 saturated carbocycles. The predicted octanol–water partition coefficient (Wildman–Crippen LogP) is 1.27. The van der Waals surface area contributed by atoms with Gasteiger partial charge < -0.3 is 0 Å². The number of benzene rings is 2. The van der Waals surface area contributed by atoms with Crippen LogP contribution >= 0.6 is 0 Å². The number of hydrogen-bond acceptors (Lipinski definition) is 8. The van der Waals surface area contributed by atoms with Gasteiger partial charge in [-0.25, -0.2) is 28.3 Å². The molecular formula is C21H21N9O3S. The predicted molar refractivity (Wildman–Crippen MR) is 123 cm³/mol. The minimum atomic E-state index is -3.81. The van der Waals surface area contributed by atoms with Gasteiger partial charge in [-0.1, -0.05) is 28.6 Å². The molecule has 0 atom stereocenters. The van der Waals surface area contributed by atoms with Crippen LogP contribution in [0.4, 0.5) is 0 Å². The van der Waals surface area contributed by atoms with E-state index in [1.807, 2.05) is 37.3 Å². The number of sulfonamides is 1. The fourth-order valence-corrected chi connectivity index (χ4v) is 3.80. The van der Waals surface area contributed by atoms with Crippen molar-refractivity contribution in [3.05, 3.63) is 77.4 Å². The van der Waals surface area contributed by atoms with Crippen LogP contribution in [-0.4, -0.2) is 50.0 Å². The van der Waals surface area contributed by atoms with Crippen LogP contribution in [0.5, 0.6) is 0 Å². The summed E-state index contributed by atoms with van der Waals surface area (Å²) in [6, 6.07) is 15.3. The van der Waals surface area contributed by atoms with Gasteiger partial charge in [0.2, 0.25) is 10.0 Å². The number of nitrogens with two attached hydrogens (primary N) is 1. The molecule has 13 heteroatoms. The van der Waals surface area contributed by atoms with E-state index in [-0.39, 0.29) is 10.6 Å². The molecule has 1 amide bonds. The van der Waals surface area contributed by atoms with Crippen LogP contribution in [0, 0.1) is 13.8 Å². The SMILES string of the molecule is CC(=NNC(=O)c1nnn(-c2ccc(S(N)(=O)=O)cc2)c1C)c1nnn(-c2ccccc2)c1C. The smallest absolute Gasteiger partial charge is 0.265 e. The molecule has 0 aliphatic heterocycles. The average molecular weight is 480 g/mol. The third kappa shape index (κ3) is 4.46. The molecule has 34 heavy (non-hydrogen) atoms. The number of para-hydroxylation sites is 1. The first-order chi connectivity index (χ1) is 16.2. The standard InChI is InChI=1S/C21H21N9O3S/c1-13(19-14(2)29(27-24-19)16-7-5-4-6-8-16)23-26-21(31)20-15(3)30(28-25-20)17-9-11-18(12-10-17)34(22,32)33/h4-12H,1-3H3,(H,26,31)(H2,22,32,33). The molecule has 0 fully saturated rings. The topological polar surface area (TPSA) is 163 Å². The minimum absolute atomic E-state index is 0.0312. The van der Waals surface area contributed by atoms with E-state index in [4.69, 9.17) is 5.14 Å². The summed E-state index contributed by atoms with van der Waals surface area (Å²) in [5.74, 6) is -0.558. The van der Waals surface area contributed by atoms with E-state index in [0.29, 0.717) is 22.8 Å². The second-order valence-electron chi connectivity index (χ2n) is 7.38. The minimum Gasteiger partial charge on any atom is -0.265 e. The quantitative estimate of drug-likeness (QED) is 0.310. The molecule has 4 aromatic rings. The second-order valence-corrected chi connectivity index (χ2v) is 8.94. The lowest BCUT2D eigenvalue weighted by molar-refractivity contribution is 0.0949. The molecule has 2 aromatic heterocycles. The number of rotatable bonds is 6. The third-order valence-electron chi connectivity index (χ3n) is 5.08. The Hall–Kier alpha value is -4.23. The summed E-state index contributed by atoms with van der Waals surface area (Å²) >= 11 is 0. The number of nitrogens with one attached hydrogen (secondary N) is 1. The van der Waals surface area contributed by atoms with E-state index in [9.17, 15) is 13.2 Å². The van der Waals surface area contributed by atoms with Crippen LogP contribution in [0.2, 0.25) is 0 Å². The summed E-state index contributed by atoms with van der Waals surface area (Å²) < 4.78 is 26.0. The van der Waals surface area contributed by atoms with Crippen molar-refractivity contribution in [3.63, 3.8) is 0 Å². The largest absolute Gasteiger partial charge is 0.293 e. The first kappa shape index (κ1) is 22.9. The van der Waals surface area contributed by atoms with Crippen molar-refractivity contribution in [3.8, 4) is 11.4 Å². The Labute approximate surface area is 195 Å². The van der Waals surface area contributed by atoms with Crippen LogP contribution in [0.15, 0.2) is 64.6 Å². The number of carbonyl (C=O) groups is 1. The Balaban J connectivity index is 1.52. The van der Waals surface area contributed by atoms with E-state index in [2.05, 4.69) is 31.2 Å². The number of primary sulfonamides is 1. The molecule has 3 N–H and O–H groups in total. The highest BCUT2D eigenvalue weighted by Crippen LogP contribution is 2.16. The molecule has 174 valence electrons.